The molecule has 20 heavy (non-hydrogen) atoms. The van der Waals surface area contributed by atoms with Gasteiger partial charge in [0.05, 0.1) is 0 Å². The molecule has 0 amide bonds. The Morgan fingerprint density at radius 2 is 1.80 bits per heavy atom. The molecule has 4 nitrogen and oxygen atoms in total. The van der Waals surface area contributed by atoms with Crippen molar-refractivity contribution < 1.29 is 14.6 Å². The fourth-order valence-corrected chi connectivity index (χ4v) is 4.83. The molecule has 0 radical (unpaired) electrons. The van der Waals surface area contributed by atoms with Crippen LogP contribution in [0.25, 0.3) is 0 Å². The van der Waals surface area contributed by atoms with Gasteiger partial charge < -0.3 is 9.84 Å². The van der Waals surface area contributed by atoms with Gasteiger partial charge in [-0.1, -0.05) is 0 Å². The van der Waals surface area contributed by atoms with Gasteiger partial charge in [0.1, 0.15) is 11.9 Å². The van der Waals surface area contributed by atoms with E-state index in [1.165, 1.54) is 38.3 Å². The Labute approximate surface area is 118 Å². The summed E-state index contributed by atoms with van der Waals surface area (Å²) in [5, 5.41) is 9.00. The van der Waals surface area contributed by atoms with Crippen molar-refractivity contribution in [1.29, 1.82) is 0 Å². The molecule has 0 aromatic carbocycles. The Balaban J connectivity index is 1.54. The van der Waals surface area contributed by atoms with Crippen molar-refractivity contribution >= 4 is 5.97 Å². The van der Waals surface area contributed by atoms with Gasteiger partial charge in [-0.25, -0.2) is 9.78 Å². The van der Waals surface area contributed by atoms with Gasteiger partial charge in [0.2, 0.25) is 0 Å². The maximum absolute atomic E-state index is 11.0. The monoisotopic (exact) mass is 273 g/mol. The summed E-state index contributed by atoms with van der Waals surface area (Å²) in [5.74, 6) is 2.85. The first-order chi connectivity index (χ1) is 9.69. The first-order valence-corrected chi connectivity index (χ1v) is 7.55. The number of pyridine rings is 1. The summed E-state index contributed by atoms with van der Waals surface area (Å²) in [5.41, 5.74) is 0.0614. The third kappa shape index (κ3) is 1.98. The lowest BCUT2D eigenvalue weighted by molar-refractivity contribution is -0.0790. The van der Waals surface area contributed by atoms with Crippen LogP contribution in [0, 0.1) is 23.7 Å². The van der Waals surface area contributed by atoms with Crippen LogP contribution in [0.4, 0.5) is 0 Å². The van der Waals surface area contributed by atoms with E-state index in [-0.39, 0.29) is 11.8 Å². The van der Waals surface area contributed by atoms with Gasteiger partial charge in [-0.3, -0.25) is 0 Å². The van der Waals surface area contributed by atoms with Crippen LogP contribution in [0.2, 0.25) is 0 Å². The number of carboxylic acid groups (broad SMARTS) is 1. The highest BCUT2D eigenvalue weighted by molar-refractivity contribution is 5.85. The van der Waals surface area contributed by atoms with Crippen molar-refractivity contribution in [3.63, 3.8) is 0 Å². The Hall–Kier alpha value is -1.58. The molecule has 4 aliphatic rings. The van der Waals surface area contributed by atoms with Crippen LogP contribution in [0.3, 0.4) is 0 Å². The molecule has 0 atom stereocenters. The summed E-state index contributed by atoms with van der Waals surface area (Å²) in [6.07, 6.45) is 8.44. The average Bonchev–Trinajstić information content (AvgIpc) is 2.42. The highest BCUT2D eigenvalue weighted by atomic mass is 16.5. The molecule has 1 N–H and O–H groups in total. The highest BCUT2D eigenvalue weighted by Gasteiger charge is 2.49. The number of hydrogen-bond donors (Lipinski definition) is 1. The van der Waals surface area contributed by atoms with Crippen LogP contribution >= 0.6 is 0 Å². The van der Waals surface area contributed by atoms with Gasteiger partial charge in [0.25, 0.3) is 0 Å². The number of carbonyl (C=O) groups is 1. The fraction of sp³-hybridized carbons (Fsp3) is 0.625. The fourth-order valence-electron chi connectivity index (χ4n) is 4.83. The lowest BCUT2D eigenvalue weighted by atomic mass is 9.55. The third-order valence-corrected chi connectivity index (χ3v) is 5.36. The molecule has 1 aromatic heterocycles. The van der Waals surface area contributed by atoms with E-state index >= 15 is 0 Å². The number of aromatic nitrogens is 1. The zero-order chi connectivity index (χ0) is 13.7. The van der Waals surface area contributed by atoms with Crippen molar-refractivity contribution in [1.82, 2.24) is 4.98 Å². The predicted molar refractivity (Wildman–Crippen MR) is 72.7 cm³/mol. The summed E-state index contributed by atoms with van der Waals surface area (Å²) < 4.78 is 6.18. The van der Waals surface area contributed by atoms with Gasteiger partial charge >= 0.3 is 5.97 Å². The molecule has 0 aliphatic heterocycles. The van der Waals surface area contributed by atoms with Gasteiger partial charge in [-0.05, 0) is 61.8 Å². The molecule has 0 unspecified atom stereocenters. The van der Waals surface area contributed by atoms with Crippen LogP contribution in [-0.4, -0.2) is 22.2 Å². The molecule has 4 saturated carbocycles. The van der Waals surface area contributed by atoms with Gasteiger partial charge in [0, 0.05) is 12.3 Å². The molecule has 0 saturated heterocycles. The largest absolute Gasteiger partial charge is 0.490 e. The lowest BCUT2D eigenvalue weighted by Crippen LogP contribution is -2.50. The lowest BCUT2D eigenvalue weighted by Gasteiger charge is -2.53. The average molecular weight is 273 g/mol. The predicted octanol–water partition coefficient (Wildman–Crippen LogP) is 2.98. The molecule has 106 valence electrons. The molecule has 1 aromatic rings. The van der Waals surface area contributed by atoms with Gasteiger partial charge in [0.15, 0.2) is 5.69 Å². The van der Waals surface area contributed by atoms with E-state index in [4.69, 9.17) is 9.84 Å². The van der Waals surface area contributed by atoms with Crippen molar-refractivity contribution in [2.75, 3.05) is 0 Å². The van der Waals surface area contributed by atoms with Crippen LogP contribution in [0.15, 0.2) is 18.3 Å². The van der Waals surface area contributed by atoms with Gasteiger partial charge in [-0.2, -0.15) is 0 Å². The van der Waals surface area contributed by atoms with E-state index in [9.17, 15) is 4.79 Å². The number of nitrogens with zero attached hydrogens (tertiary/aromatic N) is 1. The molecule has 4 heteroatoms. The minimum Gasteiger partial charge on any atom is -0.490 e. The summed E-state index contributed by atoms with van der Waals surface area (Å²) in [4.78, 5) is 14.8. The van der Waals surface area contributed by atoms with Crippen molar-refractivity contribution in [3.05, 3.63) is 24.0 Å². The quantitative estimate of drug-likeness (QED) is 0.919. The Morgan fingerprint density at radius 1 is 1.15 bits per heavy atom. The zero-order valence-corrected chi connectivity index (χ0v) is 11.4. The maximum Gasteiger partial charge on any atom is 0.354 e. The highest BCUT2D eigenvalue weighted by Crippen LogP contribution is 2.54. The van der Waals surface area contributed by atoms with Gasteiger partial charge in [-0.15, -0.1) is 0 Å². The molecule has 4 fully saturated rings. The molecular formula is C16H19NO3. The van der Waals surface area contributed by atoms with Crippen LogP contribution < -0.4 is 4.74 Å². The van der Waals surface area contributed by atoms with E-state index in [0.29, 0.717) is 17.6 Å². The van der Waals surface area contributed by atoms with Crippen LogP contribution in [-0.2, 0) is 0 Å². The van der Waals surface area contributed by atoms with E-state index in [0.717, 1.165) is 11.8 Å². The second kappa shape index (κ2) is 4.47. The van der Waals surface area contributed by atoms with Crippen molar-refractivity contribution in [2.24, 2.45) is 23.7 Å². The first-order valence-electron chi connectivity index (χ1n) is 7.55. The number of rotatable bonds is 3. The summed E-state index contributed by atoms with van der Waals surface area (Å²) >= 11 is 0. The molecule has 4 aliphatic carbocycles. The number of ether oxygens (including phenoxy) is 1. The molecule has 5 rings (SSSR count). The summed E-state index contributed by atoms with van der Waals surface area (Å²) in [6.45, 7) is 0. The summed E-state index contributed by atoms with van der Waals surface area (Å²) in [6, 6.07) is 3.32. The second-order valence-electron chi connectivity index (χ2n) is 6.70. The minimum absolute atomic E-state index is 0.0614. The minimum atomic E-state index is -1.000. The summed E-state index contributed by atoms with van der Waals surface area (Å²) in [7, 11) is 0. The molecule has 1 heterocycles. The SMILES string of the molecule is O=C(O)c1cc(OC2C3CC4CC(C3)CC2C4)ccn1. The Bertz CT molecular complexity index is 514. The Morgan fingerprint density at radius 3 is 2.40 bits per heavy atom. The normalized spacial score (nSPS) is 37.9. The zero-order valence-electron chi connectivity index (χ0n) is 11.4. The third-order valence-electron chi connectivity index (χ3n) is 5.36. The van der Waals surface area contributed by atoms with Crippen LogP contribution in [0.5, 0.6) is 5.75 Å². The maximum atomic E-state index is 11.0. The van der Waals surface area contributed by atoms with E-state index in [1.807, 2.05) is 0 Å². The number of hydrogen-bond acceptors (Lipinski definition) is 3. The first kappa shape index (κ1) is 12.2. The standard InChI is InChI=1S/C16H19NO3/c18-16(19)14-8-13(1-2-17-14)20-15-11-4-9-3-10(6-11)7-12(15)5-9/h1-2,8-12,15H,3-7H2,(H,18,19). The van der Waals surface area contributed by atoms with E-state index in [2.05, 4.69) is 4.98 Å². The van der Waals surface area contributed by atoms with E-state index < -0.39 is 5.97 Å². The van der Waals surface area contributed by atoms with Crippen molar-refractivity contribution in [3.8, 4) is 5.75 Å². The molecule has 0 spiro atoms. The Kier molecular flexibility index (Phi) is 2.72. The smallest absolute Gasteiger partial charge is 0.354 e. The molecular weight excluding hydrogens is 254 g/mol. The van der Waals surface area contributed by atoms with Crippen molar-refractivity contribution in [2.45, 2.75) is 38.2 Å². The number of carboxylic acids is 1. The van der Waals surface area contributed by atoms with Crippen LogP contribution in [0.1, 0.15) is 42.6 Å². The molecule has 4 bridgehead atoms. The number of aromatic carboxylic acids is 1. The van der Waals surface area contributed by atoms with E-state index in [1.54, 1.807) is 12.1 Å². The topological polar surface area (TPSA) is 59.4 Å². The second-order valence-corrected chi connectivity index (χ2v) is 6.70.